The summed E-state index contributed by atoms with van der Waals surface area (Å²) in [7, 11) is -7.30. The van der Waals surface area contributed by atoms with Crippen molar-refractivity contribution in [1.82, 2.24) is 4.98 Å². The van der Waals surface area contributed by atoms with E-state index in [2.05, 4.69) is 4.98 Å². The lowest BCUT2D eigenvalue weighted by Crippen LogP contribution is -2.05. The van der Waals surface area contributed by atoms with E-state index < -0.39 is 19.7 Å². The molecule has 0 amide bonds. The number of sulfone groups is 2. The molecule has 0 atom stereocenters. The Morgan fingerprint density at radius 2 is 1.25 bits per heavy atom. The number of pyridine rings is 1. The second-order valence-electron chi connectivity index (χ2n) is 3.11. The zero-order valence-electron chi connectivity index (χ0n) is 8.23. The quantitative estimate of drug-likeness (QED) is 0.767. The number of hydrogen-bond donors (Lipinski definition) is 0. The summed E-state index contributed by atoms with van der Waals surface area (Å²) < 4.78 is 45.1. The lowest BCUT2D eigenvalue weighted by atomic mass is 10.5. The topological polar surface area (TPSA) is 81.2 Å². The van der Waals surface area contributed by atoms with E-state index in [1.807, 2.05) is 0 Å². The molecule has 0 aliphatic rings. The smallest absolute Gasteiger partial charge is 0.178 e. The van der Waals surface area contributed by atoms with Crippen LogP contribution in [0.4, 0.5) is 0 Å². The molecule has 0 saturated heterocycles. The number of nitrogens with zero attached hydrogens (tertiary/aromatic N) is 1. The van der Waals surface area contributed by atoms with E-state index in [-0.39, 0.29) is 20.1 Å². The normalized spacial score (nSPS) is 12.8. The minimum atomic E-state index is -3.65. The largest absolute Gasteiger partial charge is 0.224 e. The summed E-state index contributed by atoms with van der Waals surface area (Å²) in [5, 5.41) is -0.695. The van der Waals surface area contributed by atoms with Crippen molar-refractivity contribution in [3.8, 4) is 0 Å². The molecule has 0 radical (unpaired) electrons. The molecular formula is C7H7Cl2NO4S2. The van der Waals surface area contributed by atoms with E-state index in [0.717, 1.165) is 18.6 Å². The highest BCUT2D eigenvalue weighted by atomic mass is 35.5. The molecule has 1 aromatic rings. The number of hydrogen-bond acceptors (Lipinski definition) is 5. The molecule has 0 unspecified atom stereocenters. The van der Waals surface area contributed by atoms with Crippen LogP contribution in [0.15, 0.2) is 15.9 Å². The highest BCUT2D eigenvalue weighted by Crippen LogP contribution is 2.27. The first-order valence-corrected chi connectivity index (χ1v) is 8.33. The van der Waals surface area contributed by atoms with Crippen LogP contribution in [-0.4, -0.2) is 34.3 Å². The van der Waals surface area contributed by atoms with Gasteiger partial charge in [0, 0.05) is 12.5 Å². The van der Waals surface area contributed by atoms with Crippen molar-refractivity contribution in [2.24, 2.45) is 0 Å². The molecule has 0 aliphatic heterocycles. The zero-order chi connectivity index (χ0) is 12.7. The van der Waals surface area contributed by atoms with Gasteiger partial charge in [-0.25, -0.2) is 21.8 Å². The average molecular weight is 304 g/mol. The Morgan fingerprint density at radius 3 is 1.50 bits per heavy atom. The Bertz CT molecular complexity index is 583. The molecule has 0 bridgehead atoms. The number of halogens is 2. The molecule has 0 spiro atoms. The third kappa shape index (κ3) is 2.85. The summed E-state index contributed by atoms with van der Waals surface area (Å²) in [6.45, 7) is 0. The summed E-state index contributed by atoms with van der Waals surface area (Å²) in [6.07, 6.45) is 1.80. The summed E-state index contributed by atoms with van der Waals surface area (Å²) in [5.74, 6) is 0. The second kappa shape index (κ2) is 4.14. The van der Waals surface area contributed by atoms with Gasteiger partial charge in [0.2, 0.25) is 0 Å². The maximum Gasteiger partial charge on any atom is 0.178 e. The van der Waals surface area contributed by atoms with Crippen LogP contribution in [0, 0.1) is 0 Å². The fourth-order valence-corrected chi connectivity index (χ4v) is 3.56. The Hall–Kier alpha value is -0.370. The van der Waals surface area contributed by atoms with Crippen molar-refractivity contribution >= 4 is 42.9 Å². The highest BCUT2D eigenvalue weighted by Gasteiger charge is 2.21. The van der Waals surface area contributed by atoms with Gasteiger partial charge >= 0.3 is 0 Å². The first-order chi connectivity index (χ1) is 7.03. The van der Waals surface area contributed by atoms with Crippen LogP contribution >= 0.6 is 23.2 Å². The first kappa shape index (κ1) is 13.7. The predicted octanol–water partition coefficient (Wildman–Crippen LogP) is 1.20. The van der Waals surface area contributed by atoms with Crippen molar-refractivity contribution in [3.63, 3.8) is 0 Å². The third-order valence-electron chi connectivity index (χ3n) is 1.66. The second-order valence-corrected chi connectivity index (χ2v) is 7.79. The van der Waals surface area contributed by atoms with Crippen LogP contribution in [0.25, 0.3) is 0 Å². The maximum atomic E-state index is 11.3. The molecule has 0 N–H and O–H groups in total. The molecule has 90 valence electrons. The lowest BCUT2D eigenvalue weighted by Gasteiger charge is -2.05. The van der Waals surface area contributed by atoms with Crippen LogP contribution in [0.5, 0.6) is 0 Å². The first-order valence-electron chi connectivity index (χ1n) is 3.79. The number of rotatable bonds is 2. The molecule has 9 heteroatoms. The molecular weight excluding hydrogens is 297 g/mol. The fraction of sp³-hybridized carbons (Fsp3) is 0.286. The summed E-state index contributed by atoms with van der Waals surface area (Å²) in [4.78, 5) is 2.75. The fourth-order valence-electron chi connectivity index (χ4n) is 0.955. The van der Waals surface area contributed by atoms with E-state index in [0.29, 0.717) is 0 Å². The Morgan fingerprint density at radius 1 is 0.938 bits per heavy atom. The SMILES string of the molecule is CS(=O)(=O)c1cc(S(C)(=O)=O)c(Cl)nc1Cl. The number of aromatic nitrogens is 1. The van der Waals surface area contributed by atoms with E-state index in [1.54, 1.807) is 0 Å². The Balaban J connectivity index is 3.72. The molecule has 0 aromatic carbocycles. The van der Waals surface area contributed by atoms with Gasteiger partial charge in [-0.2, -0.15) is 0 Å². The Labute approximate surface area is 103 Å². The van der Waals surface area contributed by atoms with E-state index >= 15 is 0 Å². The van der Waals surface area contributed by atoms with Gasteiger partial charge in [-0.05, 0) is 6.07 Å². The van der Waals surface area contributed by atoms with Crippen molar-refractivity contribution in [2.75, 3.05) is 12.5 Å². The molecule has 0 saturated carbocycles. The van der Waals surface area contributed by atoms with Gasteiger partial charge in [0.1, 0.15) is 20.1 Å². The van der Waals surface area contributed by atoms with Gasteiger partial charge < -0.3 is 0 Å². The van der Waals surface area contributed by atoms with Crippen LogP contribution in [0.2, 0.25) is 10.3 Å². The van der Waals surface area contributed by atoms with Gasteiger partial charge in [0.15, 0.2) is 19.7 Å². The van der Waals surface area contributed by atoms with Crippen molar-refractivity contribution in [2.45, 2.75) is 9.79 Å². The van der Waals surface area contributed by atoms with Gasteiger partial charge in [-0.3, -0.25) is 0 Å². The summed E-state index contributed by atoms with van der Waals surface area (Å²) in [5.41, 5.74) is 0. The average Bonchev–Trinajstić information content (AvgIpc) is 1.97. The van der Waals surface area contributed by atoms with Crippen LogP contribution in [0.1, 0.15) is 0 Å². The van der Waals surface area contributed by atoms with Gasteiger partial charge in [-0.1, -0.05) is 23.2 Å². The molecule has 0 fully saturated rings. The molecule has 16 heavy (non-hydrogen) atoms. The van der Waals surface area contributed by atoms with E-state index in [9.17, 15) is 16.8 Å². The molecule has 5 nitrogen and oxygen atoms in total. The molecule has 1 aromatic heterocycles. The van der Waals surface area contributed by atoms with Crippen molar-refractivity contribution in [3.05, 3.63) is 16.4 Å². The van der Waals surface area contributed by atoms with Crippen molar-refractivity contribution in [1.29, 1.82) is 0 Å². The minimum Gasteiger partial charge on any atom is -0.224 e. The standard InChI is InChI=1S/C7H7Cl2NO4S2/c1-15(11,12)4-3-5(16(2,13)14)7(9)10-6(4)8/h3H,1-2H3. The summed E-state index contributed by atoms with van der Waals surface area (Å²) in [6, 6.07) is 0.905. The van der Waals surface area contributed by atoms with Crippen LogP contribution in [0.3, 0.4) is 0 Å². The maximum absolute atomic E-state index is 11.3. The van der Waals surface area contributed by atoms with Crippen LogP contribution in [-0.2, 0) is 19.7 Å². The van der Waals surface area contributed by atoms with Gasteiger partial charge in [0.25, 0.3) is 0 Å². The Kier molecular flexibility index (Phi) is 3.54. The third-order valence-corrected chi connectivity index (χ3v) is 4.68. The summed E-state index contributed by atoms with van der Waals surface area (Å²) >= 11 is 11.1. The zero-order valence-corrected chi connectivity index (χ0v) is 11.4. The predicted molar refractivity (Wildman–Crippen MR) is 60.5 cm³/mol. The van der Waals surface area contributed by atoms with E-state index in [1.165, 1.54) is 0 Å². The lowest BCUT2D eigenvalue weighted by molar-refractivity contribution is 0.599. The highest BCUT2D eigenvalue weighted by molar-refractivity contribution is 7.91. The van der Waals surface area contributed by atoms with E-state index in [4.69, 9.17) is 23.2 Å². The van der Waals surface area contributed by atoms with Gasteiger partial charge in [0.05, 0.1) is 0 Å². The van der Waals surface area contributed by atoms with Crippen molar-refractivity contribution < 1.29 is 16.8 Å². The van der Waals surface area contributed by atoms with Gasteiger partial charge in [-0.15, -0.1) is 0 Å². The molecule has 1 rings (SSSR count). The minimum absolute atomic E-state index is 0.347. The monoisotopic (exact) mass is 303 g/mol. The molecule has 0 aliphatic carbocycles. The van der Waals surface area contributed by atoms with Crippen LogP contribution < -0.4 is 0 Å². The molecule has 1 heterocycles.